The third-order valence-electron chi connectivity index (χ3n) is 11.1. The van der Waals surface area contributed by atoms with Crippen molar-refractivity contribution >= 4 is 41.2 Å². The fourth-order valence-corrected chi connectivity index (χ4v) is 8.67. The van der Waals surface area contributed by atoms with Gasteiger partial charge < -0.3 is 40.1 Å². The predicted octanol–water partition coefficient (Wildman–Crippen LogP) is 4.70. The van der Waals surface area contributed by atoms with Gasteiger partial charge in [-0.3, -0.25) is 19.4 Å². The van der Waals surface area contributed by atoms with Gasteiger partial charge in [0.15, 0.2) is 0 Å². The first-order chi connectivity index (χ1) is 32.1. The van der Waals surface area contributed by atoms with Crippen LogP contribution in [0, 0.1) is 0 Å². The molecule has 2 amide bonds. The van der Waals surface area contributed by atoms with E-state index >= 15 is 0 Å². The minimum Gasteiger partial charge on any atom is -0.477 e. The van der Waals surface area contributed by atoms with Crippen molar-refractivity contribution in [2.45, 2.75) is 70.7 Å². The molecule has 0 aliphatic carbocycles. The summed E-state index contributed by atoms with van der Waals surface area (Å²) < 4.78 is 12.4. The van der Waals surface area contributed by atoms with Crippen LogP contribution in [-0.4, -0.2) is 147 Å². The van der Waals surface area contributed by atoms with Crippen LogP contribution in [0.1, 0.15) is 81.2 Å². The number of aromatic nitrogens is 2. The second-order valence-corrected chi connectivity index (χ2v) is 17.2. The maximum atomic E-state index is 13.6. The number of nitrogens with one attached hydrogen (secondary N) is 1. The Morgan fingerprint density at radius 3 is 1.95 bits per heavy atom. The monoisotopic (exact) mass is 928 g/mol. The minimum atomic E-state index is -1.11. The molecule has 2 aromatic heterocycles. The number of carbonyl (C=O) groups excluding carboxylic acids is 2. The molecule has 1 aliphatic heterocycles. The van der Waals surface area contributed by atoms with Crippen LogP contribution in [0.25, 0.3) is 0 Å². The number of fused-ring (bicyclic) bond motifs is 2. The van der Waals surface area contributed by atoms with E-state index in [1.165, 1.54) is 17.7 Å². The number of pyridine rings is 2. The second-order valence-electron chi connectivity index (χ2n) is 16.1. The van der Waals surface area contributed by atoms with E-state index in [2.05, 4.69) is 33.5 Å². The van der Waals surface area contributed by atoms with Gasteiger partial charge in [-0.25, -0.2) is 19.6 Å². The standard InChI is InChI=1S/C49H64N6O10S/c56-27-23-53(33-40-13-8-15-43(51-40)48(60)61)25-29-64-35-42(65-30-26-54(24-28-57)34-41-14-9-16-44(52-41)49(62)63)36-66-31-7-1-6-22-50-46(58)20-21-47(59)55-32-39-12-3-2-10-37(39)18-19-38-11-4-5-17-45(38)55/h2-5,8-17,42,56-57H,1,6-7,18-36H2,(H,50,58)(H,60,61)(H,62,63)/t42-/m0/s1. The number of ether oxygens (including phenoxy) is 2. The third-order valence-corrected chi connectivity index (χ3v) is 12.3. The van der Waals surface area contributed by atoms with Crippen molar-refractivity contribution in [2.24, 2.45) is 0 Å². The molecular weight excluding hydrogens is 865 g/mol. The summed E-state index contributed by atoms with van der Waals surface area (Å²) in [6.07, 6.45) is 4.42. The SMILES string of the molecule is O=C(CCC(=O)N1Cc2ccccc2CCc2ccccc21)NCCCCCSC[C@H](COCCN(CCO)Cc1cccc(C(=O)O)n1)OCCN(CCO)Cc1cccc(C(=O)O)n1. The van der Waals surface area contributed by atoms with E-state index in [9.17, 15) is 39.6 Å². The molecule has 66 heavy (non-hydrogen) atoms. The molecule has 5 rings (SSSR count). The summed E-state index contributed by atoms with van der Waals surface area (Å²) in [4.78, 5) is 63.3. The Morgan fingerprint density at radius 1 is 0.697 bits per heavy atom. The van der Waals surface area contributed by atoms with Crippen LogP contribution in [0.3, 0.4) is 0 Å². The first kappa shape index (κ1) is 51.7. The molecule has 16 nitrogen and oxygen atoms in total. The lowest BCUT2D eigenvalue weighted by Crippen LogP contribution is -2.34. The second kappa shape index (κ2) is 28.7. The number of aromatic carboxylic acids is 2. The lowest BCUT2D eigenvalue weighted by molar-refractivity contribution is -0.125. The summed E-state index contributed by atoms with van der Waals surface area (Å²) in [7, 11) is 0. The number of benzene rings is 2. The molecule has 4 aromatic rings. The molecule has 0 bridgehead atoms. The molecule has 0 fully saturated rings. The molecule has 2 aromatic carbocycles. The minimum absolute atomic E-state index is 0.0441. The van der Waals surface area contributed by atoms with E-state index in [0.29, 0.717) is 89.3 Å². The number of aliphatic hydroxyl groups excluding tert-OH is 2. The highest BCUT2D eigenvalue weighted by atomic mass is 32.2. The first-order valence-electron chi connectivity index (χ1n) is 22.7. The van der Waals surface area contributed by atoms with Gasteiger partial charge in [0.1, 0.15) is 11.4 Å². The van der Waals surface area contributed by atoms with E-state index in [-0.39, 0.29) is 55.4 Å². The van der Waals surface area contributed by atoms with Crippen molar-refractivity contribution in [3.05, 3.63) is 124 Å². The van der Waals surface area contributed by atoms with Gasteiger partial charge >= 0.3 is 11.9 Å². The van der Waals surface area contributed by atoms with Crippen molar-refractivity contribution in [2.75, 3.05) is 82.2 Å². The number of anilines is 1. The highest BCUT2D eigenvalue weighted by molar-refractivity contribution is 7.99. The number of hydrogen-bond donors (Lipinski definition) is 5. The van der Waals surface area contributed by atoms with Crippen molar-refractivity contribution in [1.29, 1.82) is 0 Å². The predicted molar refractivity (Wildman–Crippen MR) is 253 cm³/mol. The molecule has 0 radical (unpaired) electrons. The summed E-state index contributed by atoms with van der Waals surface area (Å²) in [6.45, 7) is 4.16. The van der Waals surface area contributed by atoms with Gasteiger partial charge in [0.05, 0.1) is 57.1 Å². The molecule has 0 saturated heterocycles. The number of aliphatic hydroxyl groups is 2. The summed E-state index contributed by atoms with van der Waals surface area (Å²) in [5, 5.41) is 41.1. The topological polar surface area (TPSA) is 215 Å². The first-order valence-corrected chi connectivity index (χ1v) is 23.8. The number of hydrogen-bond acceptors (Lipinski definition) is 13. The number of para-hydroxylation sites is 1. The van der Waals surface area contributed by atoms with Crippen molar-refractivity contribution in [3.8, 4) is 0 Å². The number of aryl methyl sites for hydroxylation is 2. The van der Waals surface area contributed by atoms with Gasteiger partial charge in [-0.2, -0.15) is 11.8 Å². The van der Waals surface area contributed by atoms with Crippen LogP contribution in [-0.2, 0) is 51.5 Å². The van der Waals surface area contributed by atoms with Crippen LogP contribution in [0.5, 0.6) is 0 Å². The van der Waals surface area contributed by atoms with E-state index in [1.807, 2.05) is 45.0 Å². The molecule has 1 aliphatic rings. The molecular formula is C49H64N6O10S. The number of thioether (sulfide) groups is 1. The molecule has 356 valence electrons. The maximum Gasteiger partial charge on any atom is 0.354 e. The maximum absolute atomic E-state index is 13.6. The van der Waals surface area contributed by atoms with Crippen LogP contribution in [0.2, 0.25) is 0 Å². The zero-order valence-corrected chi connectivity index (χ0v) is 38.4. The van der Waals surface area contributed by atoms with Crippen LogP contribution in [0.15, 0.2) is 84.9 Å². The zero-order valence-electron chi connectivity index (χ0n) is 37.6. The smallest absolute Gasteiger partial charge is 0.354 e. The van der Waals surface area contributed by atoms with Gasteiger partial charge in [-0.15, -0.1) is 0 Å². The number of amides is 2. The number of carboxylic acid groups (broad SMARTS) is 2. The van der Waals surface area contributed by atoms with Crippen LogP contribution in [0.4, 0.5) is 5.69 Å². The number of carboxylic acids is 2. The lowest BCUT2D eigenvalue weighted by Gasteiger charge is -2.29. The molecule has 0 unspecified atom stereocenters. The fraction of sp³-hybridized carbons (Fsp3) is 0.469. The van der Waals surface area contributed by atoms with Gasteiger partial charge in [0.2, 0.25) is 11.8 Å². The summed E-state index contributed by atoms with van der Waals surface area (Å²) >= 11 is 1.74. The molecule has 5 N–H and O–H groups in total. The Kier molecular flexibility index (Phi) is 22.5. The van der Waals surface area contributed by atoms with Gasteiger partial charge in [-0.1, -0.05) is 61.0 Å². The Morgan fingerprint density at radius 2 is 1.30 bits per heavy atom. The summed E-state index contributed by atoms with van der Waals surface area (Å²) in [5.41, 5.74) is 5.48. The van der Waals surface area contributed by atoms with Crippen molar-refractivity contribution in [3.63, 3.8) is 0 Å². The van der Waals surface area contributed by atoms with Gasteiger partial charge in [0, 0.05) is 70.1 Å². The normalized spacial score (nSPS) is 12.9. The van der Waals surface area contributed by atoms with Gasteiger partial charge in [0.25, 0.3) is 0 Å². The zero-order chi connectivity index (χ0) is 46.9. The van der Waals surface area contributed by atoms with E-state index in [0.717, 1.165) is 54.7 Å². The molecule has 0 spiro atoms. The van der Waals surface area contributed by atoms with Crippen molar-refractivity contribution in [1.82, 2.24) is 25.1 Å². The summed E-state index contributed by atoms with van der Waals surface area (Å²) in [6, 6.07) is 25.9. The number of carbonyl (C=O) groups is 4. The van der Waals surface area contributed by atoms with E-state index in [4.69, 9.17) is 9.47 Å². The molecule has 1 atom stereocenters. The fourth-order valence-electron chi connectivity index (χ4n) is 7.64. The highest BCUT2D eigenvalue weighted by Crippen LogP contribution is 2.29. The molecule has 17 heteroatoms. The highest BCUT2D eigenvalue weighted by Gasteiger charge is 2.23. The molecule has 0 saturated carbocycles. The average Bonchev–Trinajstić information content (AvgIpc) is 3.31. The molecule has 3 heterocycles. The lowest BCUT2D eigenvalue weighted by atomic mass is 9.95. The van der Waals surface area contributed by atoms with E-state index < -0.39 is 11.9 Å². The average molecular weight is 929 g/mol. The Bertz CT molecular complexity index is 2150. The van der Waals surface area contributed by atoms with Crippen LogP contribution < -0.4 is 10.2 Å². The van der Waals surface area contributed by atoms with E-state index in [1.54, 1.807) is 36.0 Å². The number of unbranched alkanes of at least 4 members (excludes halogenated alkanes) is 2. The third kappa shape index (κ3) is 17.8. The van der Waals surface area contributed by atoms with Crippen molar-refractivity contribution < 1.29 is 49.1 Å². The Labute approximate surface area is 391 Å². The Balaban J connectivity index is 1.04. The number of nitrogens with zero attached hydrogens (tertiary/aromatic N) is 5. The largest absolute Gasteiger partial charge is 0.477 e. The quantitative estimate of drug-likeness (QED) is 0.0449. The Hall–Kier alpha value is -5.27. The van der Waals surface area contributed by atoms with Gasteiger partial charge in [-0.05, 0) is 78.5 Å². The number of rotatable bonds is 30. The summed E-state index contributed by atoms with van der Waals surface area (Å²) in [5.74, 6) is -0.885. The van der Waals surface area contributed by atoms with Crippen LogP contribution >= 0.6 is 11.8 Å².